The van der Waals surface area contributed by atoms with Gasteiger partial charge >= 0.3 is 0 Å². The molecule has 0 bridgehead atoms. The molecule has 0 saturated heterocycles. The molecule has 0 spiro atoms. The van der Waals surface area contributed by atoms with Gasteiger partial charge in [-0.1, -0.05) is 6.07 Å². The van der Waals surface area contributed by atoms with Gasteiger partial charge in [0.05, 0.1) is 5.56 Å². The molecule has 4 rings (SSSR count). The predicted molar refractivity (Wildman–Crippen MR) is 100 cm³/mol. The van der Waals surface area contributed by atoms with Crippen molar-refractivity contribution in [3.63, 3.8) is 0 Å². The minimum absolute atomic E-state index is 0.102. The largest absolute Gasteiger partial charge is 0.444 e. The van der Waals surface area contributed by atoms with Gasteiger partial charge in [-0.3, -0.25) is 14.6 Å². The fourth-order valence-corrected chi connectivity index (χ4v) is 3.25. The maximum atomic E-state index is 12.7. The highest BCUT2D eigenvalue weighted by molar-refractivity contribution is 9.10. The van der Waals surface area contributed by atoms with Gasteiger partial charge in [-0.2, -0.15) is 0 Å². The molecule has 1 aliphatic heterocycles. The first kappa shape index (κ1) is 16.5. The molecule has 2 aromatic heterocycles. The number of hydrogen-bond donors (Lipinski definition) is 1. The first-order valence-electron chi connectivity index (χ1n) is 8.03. The Morgan fingerprint density at radius 1 is 1.19 bits per heavy atom. The standard InChI is InChI=1S/C19H14BrN3O3/c20-17-6-5-16(26-17)18(24)22-14-4-3-12-7-9-23(15(12)10-14)19(25)13-2-1-8-21-11-13/h1-6,8,10-11H,7,9H2,(H,22,24). The van der Waals surface area contributed by atoms with Crippen molar-refractivity contribution < 1.29 is 14.0 Å². The number of nitrogens with one attached hydrogen (secondary N) is 1. The third-order valence-electron chi connectivity index (χ3n) is 4.19. The fraction of sp³-hybridized carbons (Fsp3) is 0.105. The Balaban J connectivity index is 1.58. The number of amides is 2. The van der Waals surface area contributed by atoms with Gasteiger partial charge < -0.3 is 14.6 Å². The number of carbonyl (C=O) groups is 2. The molecule has 26 heavy (non-hydrogen) atoms. The van der Waals surface area contributed by atoms with Crippen molar-refractivity contribution in [1.29, 1.82) is 0 Å². The average molecular weight is 412 g/mol. The van der Waals surface area contributed by atoms with Crippen molar-refractivity contribution in [2.45, 2.75) is 6.42 Å². The second-order valence-electron chi connectivity index (χ2n) is 5.85. The van der Waals surface area contributed by atoms with Gasteiger partial charge in [0.2, 0.25) is 0 Å². The third-order valence-corrected chi connectivity index (χ3v) is 4.62. The predicted octanol–water partition coefficient (Wildman–Crippen LogP) is 3.89. The monoisotopic (exact) mass is 411 g/mol. The summed E-state index contributed by atoms with van der Waals surface area (Å²) in [5.74, 6) is -0.241. The van der Waals surface area contributed by atoms with E-state index < -0.39 is 0 Å². The molecule has 1 aromatic carbocycles. The van der Waals surface area contributed by atoms with Crippen LogP contribution in [0.3, 0.4) is 0 Å². The number of rotatable bonds is 3. The van der Waals surface area contributed by atoms with Crippen molar-refractivity contribution in [2.24, 2.45) is 0 Å². The SMILES string of the molecule is O=C(Nc1ccc2c(c1)N(C(=O)c1cccnc1)CC2)c1ccc(Br)o1. The molecule has 0 radical (unpaired) electrons. The zero-order valence-corrected chi connectivity index (χ0v) is 15.2. The Labute approximate surface area is 158 Å². The summed E-state index contributed by atoms with van der Waals surface area (Å²) < 4.78 is 5.75. The van der Waals surface area contributed by atoms with E-state index in [1.807, 2.05) is 18.2 Å². The summed E-state index contributed by atoms with van der Waals surface area (Å²) in [6, 6.07) is 12.3. The zero-order valence-electron chi connectivity index (χ0n) is 13.6. The van der Waals surface area contributed by atoms with Gasteiger partial charge in [0.1, 0.15) is 0 Å². The zero-order chi connectivity index (χ0) is 18.1. The quantitative estimate of drug-likeness (QED) is 0.708. The Bertz CT molecular complexity index is 985. The van der Waals surface area contributed by atoms with Crippen LogP contribution in [0.5, 0.6) is 0 Å². The summed E-state index contributed by atoms with van der Waals surface area (Å²) >= 11 is 3.18. The molecule has 6 nitrogen and oxygen atoms in total. The van der Waals surface area contributed by atoms with E-state index in [0.29, 0.717) is 22.5 Å². The van der Waals surface area contributed by atoms with Crippen LogP contribution in [0, 0.1) is 0 Å². The summed E-state index contributed by atoms with van der Waals surface area (Å²) in [7, 11) is 0. The maximum absolute atomic E-state index is 12.7. The Morgan fingerprint density at radius 3 is 2.81 bits per heavy atom. The Kier molecular flexibility index (Phi) is 4.30. The van der Waals surface area contributed by atoms with Gasteiger partial charge in [-0.05, 0) is 64.3 Å². The molecule has 1 N–H and O–H groups in total. The molecule has 1 aliphatic rings. The van der Waals surface area contributed by atoms with E-state index in [-0.39, 0.29) is 17.6 Å². The number of halogens is 1. The first-order valence-corrected chi connectivity index (χ1v) is 8.82. The topological polar surface area (TPSA) is 75.4 Å². The lowest BCUT2D eigenvalue weighted by atomic mass is 10.1. The van der Waals surface area contributed by atoms with Crippen LogP contribution < -0.4 is 10.2 Å². The van der Waals surface area contributed by atoms with Crippen LogP contribution in [-0.4, -0.2) is 23.3 Å². The molecule has 0 atom stereocenters. The molecular weight excluding hydrogens is 398 g/mol. The van der Waals surface area contributed by atoms with Crippen LogP contribution in [0.2, 0.25) is 0 Å². The van der Waals surface area contributed by atoms with Crippen LogP contribution in [0.1, 0.15) is 26.5 Å². The molecule has 3 aromatic rings. The molecule has 130 valence electrons. The smallest absolute Gasteiger partial charge is 0.291 e. The van der Waals surface area contributed by atoms with Gasteiger partial charge in [0, 0.05) is 30.3 Å². The lowest BCUT2D eigenvalue weighted by Crippen LogP contribution is -2.29. The van der Waals surface area contributed by atoms with Crippen molar-refractivity contribution in [1.82, 2.24) is 4.98 Å². The molecule has 0 fully saturated rings. The fourth-order valence-electron chi connectivity index (χ4n) is 2.94. The average Bonchev–Trinajstić information content (AvgIpc) is 3.28. The summed E-state index contributed by atoms with van der Waals surface area (Å²) in [6.45, 7) is 0.603. The molecule has 3 heterocycles. The number of nitrogens with zero attached hydrogens (tertiary/aromatic N) is 2. The van der Waals surface area contributed by atoms with Crippen LogP contribution in [0.4, 0.5) is 11.4 Å². The summed E-state index contributed by atoms with van der Waals surface area (Å²) in [5, 5.41) is 2.80. The molecule has 0 saturated carbocycles. The van der Waals surface area contributed by atoms with Crippen LogP contribution in [-0.2, 0) is 6.42 Å². The highest BCUT2D eigenvalue weighted by atomic mass is 79.9. The Morgan fingerprint density at radius 2 is 2.08 bits per heavy atom. The molecular formula is C19H14BrN3O3. The van der Waals surface area contributed by atoms with Gasteiger partial charge in [0.25, 0.3) is 11.8 Å². The number of furan rings is 1. The first-order chi connectivity index (χ1) is 12.6. The van der Waals surface area contributed by atoms with Crippen molar-refractivity contribution >= 4 is 39.1 Å². The summed E-state index contributed by atoms with van der Waals surface area (Å²) in [4.78, 5) is 30.7. The second kappa shape index (κ2) is 6.76. The molecule has 0 unspecified atom stereocenters. The number of benzene rings is 1. The van der Waals surface area contributed by atoms with E-state index in [0.717, 1.165) is 17.7 Å². The highest BCUT2D eigenvalue weighted by Crippen LogP contribution is 2.32. The number of pyridine rings is 1. The third kappa shape index (κ3) is 3.13. The van der Waals surface area contributed by atoms with Crippen LogP contribution in [0.25, 0.3) is 0 Å². The number of carbonyl (C=O) groups excluding carboxylic acids is 2. The molecule has 0 aliphatic carbocycles. The number of anilines is 2. The van der Waals surface area contributed by atoms with E-state index in [4.69, 9.17) is 4.42 Å². The minimum atomic E-state index is -0.348. The number of aromatic nitrogens is 1. The van der Waals surface area contributed by atoms with Gasteiger partial charge in [-0.15, -0.1) is 0 Å². The minimum Gasteiger partial charge on any atom is -0.444 e. The van der Waals surface area contributed by atoms with Crippen LogP contribution >= 0.6 is 15.9 Å². The Hall–Kier alpha value is -2.93. The lowest BCUT2D eigenvalue weighted by molar-refractivity contribution is 0.0985. The normalized spacial score (nSPS) is 12.7. The van der Waals surface area contributed by atoms with Gasteiger partial charge in [0.15, 0.2) is 10.4 Å². The molecule has 7 heteroatoms. The second-order valence-corrected chi connectivity index (χ2v) is 6.63. The van der Waals surface area contributed by atoms with E-state index in [2.05, 4.69) is 26.2 Å². The highest BCUT2D eigenvalue weighted by Gasteiger charge is 2.26. The number of hydrogen-bond acceptors (Lipinski definition) is 4. The van der Waals surface area contributed by atoms with E-state index in [1.165, 1.54) is 0 Å². The van der Waals surface area contributed by atoms with Crippen molar-refractivity contribution in [3.8, 4) is 0 Å². The van der Waals surface area contributed by atoms with Crippen molar-refractivity contribution in [2.75, 3.05) is 16.8 Å². The van der Waals surface area contributed by atoms with Crippen LogP contribution in [0.15, 0.2) is 63.9 Å². The van der Waals surface area contributed by atoms with Gasteiger partial charge in [-0.25, -0.2) is 0 Å². The molecule has 2 amide bonds. The van der Waals surface area contributed by atoms with E-state index >= 15 is 0 Å². The summed E-state index contributed by atoms with van der Waals surface area (Å²) in [6.07, 6.45) is 3.97. The van der Waals surface area contributed by atoms with E-state index in [9.17, 15) is 9.59 Å². The maximum Gasteiger partial charge on any atom is 0.291 e. The lowest BCUT2D eigenvalue weighted by Gasteiger charge is -2.18. The number of fused-ring (bicyclic) bond motifs is 1. The van der Waals surface area contributed by atoms with Crippen molar-refractivity contribution in [3.05, 3.63) is 76.4 Å². The van der Waals surface area contributed by atoms with E-state index in [1.54, 1.807) is 41.6 Å². The summed E-state index contributed by atoms with van der Waals surface area (Å²) in [5.41, 5.74) is 3.01.